The van der Waals surface area contributed by atoms with Gasteiger partial charge in [-0.25, -0.2) is 9.18 Å². The van der Waals surface area contributed by atoms with Crippen LogP contribution >= 0.6 is 0 Å². The first-order chi connectivity index (χ1) is 15.9. The van der Waals surface area contributed by atoms with Gasteiger partial charge in [-0.1, -0.05) is 56.3 Å². The summed E-state index contributed by atoms with van der Waals surface area (Å²) in [7, 11) is 0. The molecule has 4 rings (SSSR count). The van der Waals surface area contributed by atoms with E-state index in [1.165, 1.54) is 24.3 Å². The molecule has 0 saturated carbocycles. The lowest BCUT2D eigenvalue weighted by molar-refractivity contribution is 0.0472. The Hall–Kier alpha value is -3.93. The SMILES string of the molecule is CC(C)CNC(=O)c1c(-c2ccc(COC(=O)c3ccc(F)cc3)cc2)oc2ccccc12. The Labute approximate surface area is 191 Å². The first-order valence-electron chi connectivity index (χ1n) is 10.7. The molecule has 1 heterocycles. The Morgan fingerprint density at radius 1 is 0.970 bits per heavy atom. The molecule has 5 nitrogen and oxygen atoms in total. The molecule has 0 fully saturated rings. The van der Waals surface area contributed by atoms with Gasteiger partial charge >= 0.3 is 5.97 Å². The zero-order chi connectivity index (χ0) is 23.4. The Bertz CT molecular complexity index is 1270. The minimum atomic E-state index is -0.527. The molecule has 6 heteroatoms. The lowest BCUT2D eigenvalue weighted by atomic mass is 10.0. The molecule has 0 aliphatic carbocycles. The molecular weight excluding hydrogens is 421 g/mol. The average molecular weight is 445 g/mol. The van der Waals surface area contributed by atoms with E-state index in [2.05, 4.69) is 5.32 Å². The number of carbonyl (C=O) groups excluding carboxylic acids is 2. The highest BCUT2D eigenvalue weighted by Crippen LogP contribution is 2.33. The summed E-state index contributed by atoms with van der Waals surface area (Å²) >= 11 is 0. The van der Waals surface area contributed by atoms with Gasteiger partial charge in [0.15, 0.2) is 0 Å². The highest BCUT2D eigenvalue weighted by molar-refractivity contribution is 6.11. The zero-order valence-corrected chi connectivity index (χ0v) is 18.4. The lowest BCUT2D eigenvalue weighted by Gasteiger charge is -2.09. The number of nitrogens with one attached hydrogen (secondary N) is 1. The van der Waals surface area contributed by atoms with Crippen LogP contribution in [0.5, 0.6) is 0 Å². The summed E-state index contributed by atoms with van der Waals surface area (Å²) in [6.07, 6.45) is 0. The number of ether oxygens (including phenoxy) is 1. The molecule has 0 spiro atoms. The largest absolute Gasteiger partial charge is 0.457 e. The molecular formula is C27H24FNO4. The Balaban J connectivity index is 1.54. The zero-order valence-electron chi connectivity index (χ0n) is 18.4. The third-order valence-corrected chi connectivity index (χ3v) is 5.16. The Morgan fingerprint density at radius 2 is 1.67 bits per heavy atom. The van der Waals surface area contributed by atoms with Gasteiger partial charge in [0.2, 0.25) is 0 Å². The maximum Gasteiger partial charge on any atom is 0.338 e. The van der Waals surface area contributed by atoms with Crippen molar-refractivity contribution < 1.29 is 23.1 Å². The van der Waals surface area contributed by atoms with Crippen molar-refractivity contribution in [3.63, 3.8) is 0 Å². The number of carbonyl (C=O) groups is 2. The van der Waals surface area contributed by atoms with Crippen molar-refractivity contribution in [2.45, 2.75) is 20.5 Å². The van der Waals surface area contributed by atoms with E-state index in [-0.39, 0.29) is 18.1 Å². The number of benzene rings is 3. The number of fused-ring (bicyclic) bond motifs is 1. The van der Waals surface area contributed by atoms with E-state index in [0.717, 1.165) is 16.5 Å². The fourth-order valence-corrected chi connectivity index (χ4v) is 3.43. The molecule has 1 aromatic heterocycles. The second-order valence-electron chi connectivity index (χ2n) is 8.19. The molecule has 0 radical (unpaired) electrons. The number of rotatable bonds is 7. The van der Waals surface area contributed by atoms with E-state index in [4.69, 9.17) is 9.15 Å². The van der Waals surface area contributed by atoms with Crippen LogP contribution in [-0.2, 0) is 11.3 Å². The number of amides is 1. The topological polar surface area (TPSA) is 68.5 Å². The summed E-state index contributed by atoms with van der Waals surface area (Å²) in [6.45, 7) is 4.71. The van der Waals surface area contributed by atoms with Crippen LogP contribution in [-0.4, -0.2) is 18.4 Å². The maximum absolute atomic E-state index is 13.0. The van der Waals surface area contributed by atoms with Crippen molar-refractivity contribution in [1.82, 2.24) is 5.32 Å². The normalized spacial score (nSPS) is 11.0. The summed E-state index contributed by atoms with van der Waals surface area (Å²) in [5, 5.41) is 3.73. The van der Waals surface area contributed by atoms with Gasteiger partial charge in [-0.2, -0.15) is 0 Å². The minimum Gasteiger partial charge on any atom is -0.457 e. The molecule has 0 unspecified atom stereocenters. The first-order valence-corrected chi connectivity index (χ1v) is 10.7. The number of esters is 1. The molecule has 0 aliphatic heterocycles. The Morgan fingerprint density at radius 3 is 2.36 bits per heavy atom. The van der Waals surface area contributed by atoms with Crippen LogP contribution in [0.3, 0.4) is 0 Å². The molecule has 1 amide bonds. The number of hydrogen-bond acceptors (Lipinski definition) is 4. The van der Waals surface area contributed by atoms with Gasteiger partial charge < -0.3 is 14.5 Å². The van der Waals surface area contributed by atoms with Gasteiger partial charge in [-0.15, -0.1) is 0 Å². The second-order valence-corrected chi connectivity index (χ2v) is 8.19. The van der Waals surface area contributed by atoms with E-state index >= 15 is 0 Å². The molecule has 1 N–H and O–H groups in total. The van der Waals surface area contributed by atoms with Gasteiger partial charge in [-0.3, -0.25) is 4.79 Å². The quantitative estimate of drug-likeness (QED) is 0.355. The van der Waals surface area contributed by atoms with Gasteiger partial charge in [0.05, 0.1) is 11.1 Å². The lowest BCUT2D eigenvalue weighted by Crippen LogP contribution is -2.27. The molecule has 33 heavy (non-hydrogen) atoms. The van der Waals surface area contributed by atoms with Crippen LogP contribution in [0, 0.1) is 11.7 Å². The van der Waals surface area contributed by atoms with Crippen molar-refractivity contribution in [3.8, 4) is 11.3 Å². The van der Waals surface area contributed by atoms with Crippen LogP contribution < -0.4 is 5.32 Å². The summed E-state index contributed by atoms with van der Waals surface area (Å²) in [4.78, 5) is 25.1. The summed E-state index contributed by atoms with van der Waals surface area (Å²) in [5.74, 6) is -0.300. The van der Waals surface area contributed by atoms with Crippen molar-refractivity contribution in [1.29, 1.82) is 0 Å². The monoisotopic (exact) mass is 445 g/mol. The smallest absolute Gasteiger partial charge is 0.338 e. The number of hydrogen-bond donors (Lipinski definition) is 1. The standard InChI is InChI=1S/C27H24FNO4/c1-17(2)15-29-26(30)24-22-5-3-4-6-23(22)33-25(24)19-9-7-18(8-10-19)16-32-27(31)20-11-13-21(28)14-12-20/h3-14,17H,15-16H2,1-2H3,(H,29,30). The van der Waals surface area contributed by atoms with Crippen LogP contribution in [0.4, 0.5) is 4.39 Å². The fourth-order valence-electron chi connectivity index (χ4n) is 3.43. The molecule has 0 saturated heterocycles. The summed E-state index contributed by atoms with van der Waals surface area (Å²) in [5.41, 5.74) is 2.94. The van der Waals surface area contributed by atoms with Crippen molar-refractivity contribution in [2.24, 2.45) is 5.92 Å². The van der Waals surface area contributed by atoms with E-state index in [0.29, 0.717) is 29.4 Å². The van der Waals surface area contributed by atoms with Crippen LogP contribution in [0.25, 0.3) is 22.3 Å². The van der Waals surface area contributed by atoms with Crippen LogP contribution in [0.15, 0.2) is 77.2 Å². The summed E-state index contributed by atoms with van der Waals surface area (Å²) in [6, 6.07) is 19.9. The predicted molar refractivity (Wildman–Crippen MR) is 124 cm³/mol. The molecule has 168 valence electrons. The minimum absolute atomic E-state index is 0.0678. The molecule has 4 aromatic rings. The second kappa shape index (κ2) is 9.69. The highest BCUT2D eigenvalue weighted by atomic mass is 19.1. The van der Waals surface area contributed by atoms with Crippen molar-refractivity contribution in [3.05, 3.63) is 95.3 Å². The fraction of sp³-hybridized carbons (Fsp3) is 0.185. The molecule has 0 atom stereocenters. The van der Waals surface area contributed by atoms with Gasteiger partial charge in [0.1, 0.15) is 23.8 Å². The van der Waals surface area contributed by atoms with E-state index < -0.39 is 11.8 Å². The van der Waals surface area contributed by atoms with Gasteiger partial charge in [0.25, 0.3) is 5.91 Å². The number of furan rings is 1. The van der Waals surface area contributed by atoms with Crippen LogP contribution in [0.1, 0.15) is 40.1 Å². The summed E-state index contributed by atoms with van der Waals surface area (Å²) < 4.78 is 24.4. The van der Waals surface area contributed by atoms with E-state index in [1.54, 1.807) is 0 Å². The average Bonchev–Trinajstić information content (AvgIpc) is 3.21. The Kier molecular flexibility index (Phi) is 6.54. The van der Waals surface area contributed by atoms with Crippen LogP contribution in [0.2, 0.25) is 0 Å². The third kappa shape index (κ3) is 5.12. The predicted octanol–water partition coefficient (Wildman–Crippen LogP) is 5.98. The van der Waals surface area contributed by atoms with Crippen molar-refractivity contribution in [2.75, 3.05) is 6.54 Å². The maximum atomic E-state index is 13.0. The number of para-hydroxylation sites is 1. The molecule has 0 aliphatic rings. The highest BCUT2D eigenvalue weighted by Gasteiger charge is 2.22. The molecule has 3 aromatic carbocycles. The van der Waals surface area contributed by atoms with Gasteiger partial charge in [-0.05, 0) is 41.8 Å². The number of halogens is 1. The van der Waals surface area contributed by atoms with E-state index in [9.17, 15) is 14.0 Å². The first kappa shape index (κ1) is 22.3. The molecule has 0 bridgehead atoms. The van der Waals surface area contributed by atoms with Crippen molar-refractivity contribution >= 4 is 22.8 Å². The van der Waals surface area contributed by atoms with Gasteiger partial charge in [0, 0.05) is 17.5 Å². The van der Waals surface area contributed by atoms with E-state index in [1.807, 2.05) is 62.4 Å². The third-order valence-electron chi connectivity index (χ3n) is 5.16.